The van der Waals surface area contributed by atoms with Crippen LogP contribution in [0.25, 0.3) is 21.8 Å². The number of benzene rings is 1. The molecule has 0 N–H and O–H groups in total. The minimum Gasteiger partial charge on any atom is -1.00 e. The predicted molar refractivity (Wildman–Crippen MR) is 65.0 cm³/mol. The van der Waals surface area contributed by atoms with Crippen molar-refractivity contribution in [3.8, 4) is 0 Å². The molecule has 0 unspecified atom stereocenters. The molecule has 2 aromatic heterocycles. The van der Waals surface area contributed by atoms with Crippen molar-refractivity contribution in [3.05, 3.63) is 48.8 Å². The van der Waals surface area contributed by atoms with E-state index in [0.29, 0.717) is 0 Å². The summed E-state index contributed by atoms with van der Waals surface area (Å²) in [5, 5.41) is 2.28. The SMILES string of the molecule is [Ba+2].[H-].[H-].c1cnc2c(c1)ccc1cccnc12. The molecule has 0 atom stereocenters. The minimum absolute atomic E-state index is 0. The first-order valence-electron chi connectivity index (χ1n) is 4.53. The Kier molecular flexibility index (Phi) is 3.43. The zero-order valence-electron chi connectivity index (χ0n) is 10.2. The van der Waals surface area contributed by atoms with Gasteiger partial charge < -0.3 is 2.85 Å². The van der Waals surface area contributed by atoms with Gasteiger partial charge in [-0.15, -0.1) is 0 Å². The van der Waals surface area contributed by atoms with Gasteiger partial charge in [-0.05, 0) is 12.1 Å². The molecule has 3 heteroatoms. The molecular weight excluding hydrogens is 309 g/mol. The predicted octanol–water partition coefficient (Wildman–Crippen LogP) is 2.63. The van der Waals surface area contributed by atoms with Gasteiger partial charge in [0.1, 0.15) is 0 Å². The fourth-order valence-electron chi connectivity index (χ4n) is 1.68. The molecule has 3 rings (SSSR count). The number of aromatic nitrogens is 2. The standard InChI is InChI=1S/C12H8N2.Ba.2H/c1-3-9-5-6-10-4-2-8-14-12(10)11(9)13-7-1;;;/h1-8H;;;/q;+2;2*-1. The smallest absolute Gasteiger partial charge is 1.00 e. The maximum absolute atomic E-state index is 4.35. The van der Waals surface area contributed by atoms with Crippen molar-refractivity contribution in [1.82, 2.24) is 9.97 Å². The molecule has 2 heterocycles. The zero-order chi connectivity index (χ0) is 9.38. The van der Waals surface area contributed by atoms with Gasteiger partial charge in [0.2, 0.25) is 0 Å². The summed E-state index contributed by atoms with van der Waals surface area (Å²) >= 11 is 0. The van der Waals surface area contributed by atoms with E-state index in [2.05, 4.69) is 34.2 Å². The van der Waals surface area contributed by atoms with Crippen LogP contribution in [-0.4, -0.2) is 58.8 Å². The van der Waals surface area contributed by atoms with E-state index < -0.39 is 0 Å². The monoisotopic (exact) mass is 320 g/mol. The summed E-state index contributed by atoms with van der Waals surface area (Å²) in [5.74, 6) is 0. The topological polar surface area (TPSA) is 25.8 Å². The van der Waals surface area contributed by atoms with Crippen LogP contribution in [0.2, 0.25) is 0 Å². The van der Waals surface area contributed by atoms with Crippen LogP contribution in [0.5, 0.6) is 0 Å². The van der Waals surface area contributed by atoms with Gasteiger partial charge in [-0.3, -0.25) is 9.97 Å². The van der Waals surface area contributed by atoms with Crippen molar-refractivity contribution in [1.29, 1.82) is 0 Å². The van der Waals surface area contributed by atoms with Crippen molar-refractivity contribution >= 4 is 70.7 Å². The first kappa shape index (κ1) is 11.1. The van der Waals surface area contributed by atoms with Crippen LogP contribution in [0.15, 0.2) is 48.8 Å². The molecule has 0 aliphatic heterocycles. The van der Waals surface area contributed by atoms with Crippen LogP contribution >= 0.6 is 0 Å². The molecule has 2 nitrogen and oxygen atoms in total. The van der Waals surface area contributed by atoms with Gasteiger partial charge in [-0.25, -0.2) is 0 Å². The summed E-state index contributed by atoms with van der Waals surface area (Å²) in [6, 6.07) is 12.1. The zero-order valence-corrected chi connectivity index (χ0v) is 12.7. The molecule has 3 aromatic rings. The first-order chi connectivity index (χ1) is 6.95. The summed E-state index contributed by atoms with van der Waals surface area (Å²) in [4.78, 5) is 8.69. The third kappa shape index (κ3) is 1.96. The van der Waals surface area contributed by atoms with Gasteiger partial charge in [-0.1, -0.05) is 24.3 Å². The van der Waals surface area contributed by atoms with Gasteiger partial charge in [-0.2, -0.15) is 0 Å². The van der Waals surface area contributed by atoms with E-state index >= 15 is 0 Å². The second-order valence-electron chi connectivity index (χ2n) is 3.22. The number of pyridine rings is 2. The number of hydrogen-bond acceptors (Lipinski definition) is 2. The molecule has 0 spiro atoms. The molecule has 0 saturated heterocycles. The summed E-state index contributed by atoms with van der Waals surface area (Å²) in [5.41, 5.74) is 1.95. The number of rotatable bonds is 0. The third-order valence-electron chi connectivity index (χ3n) is 2.34. The number of fused-ring (bicyclic) bond motifs is 3. The molecule has 0 aliphatic rings. The molecule has 1 aromatic carbocycles. The summed E-state index contributed by atoms with van der Waals surface area (Å²) < 4.78 is 0. The first-order valence-corrected chi connectivity index (χ1v) is 4.53. The van der Waals surface area contributed by atoms with Gasteiger partial charge in [0.15, 0.2) is 0 Å². The maximum Gasteiger partial charge on any atom is 2.00 e. The summed E-state index contributed by atoms with van der Waals surface area (Å²) in [6.07, 6.45) is 3.60. The second-order valence-corrected chi connectivity index (χ2v) is 3.22. The quantitative estimate of drug-likeness (QED) is 0.470. The molecular formula is C12H10BaN2. The Morgan fingerprint density at radius 2 is 1.20 bits per heavy atom. The van der Waals surface area contributed by atoms with Crippen LogP contribution in [0.1, 0.15) is 2.85 Å². The van der Waals surface area contributed by atoms with Crippen molar-refractivity contribution in [2.75, 3.05) is 0 Å². The van der Waals surface area contributed by atoms with Crippen LogP contribution in [0.4, 0.5) is 0 Å². The van der Waals surface area contributed by atoms with E-state index in [1.165, 1.54) is 0 Å². The molecule has 0 saturated carbocycles. The fourth-order valence-corrected chi connectivity index (χ4v) is 1.68. The van der Waals surface area contributed by atoms with E-state index in [-0.39, 0.29) is 51.7 Å². The van der Waals surface area contributed by atoms with Gasteiger partial charge >= 0.3 is 48.9 Å². The Labute approximate surface area is 131 Å². The Morgan fingerprint density at radius 1 is 0.733 bits per heavy atom. The van der Waals surface area contributed by atoms with E-state index in [9.17, 15) is 0 Å². The van der Waals surface area contributed by atoms with E-state index in [4.69, 9.17) is 0 Å². The van der Waals surface area contributed by atoms with Gasteiger partial charge in [0.05, 0.1) is 11.0 Å². The Balaban J connectivity index is 0.000000853. The van der Waals surface area contributed by atoms with Crippen LogP contribution in [0, 0.1) is 0 Å². The van der Waals surface area contributed by atoms with Crippen LogP contribution in [0.3, 0.4) is 0 Å². The molecule has 15 heavy (non-hydrogen) atoms. The van der Waals surface area contributed by atoms with Crippen LogP contribution < -0.4 is 0 Å². The molecule has 0 fully saturated rings. The molecule has 0 amide bonds. The normalized spacial score (nSPS) is 10.1. The number of nitrogens with zero attached hydrogens (tertiary/aromatic N) is 2. The molecule has 0 bridgehead atoms. The Bertz CT molecular complexity index is 561. The van der Waals surface area contributed by atoms with Gasteiger partial charge in [0.25, 0.3) is 0 Å². The average molecular weight is 320 g/mol. The largest absolute Gasteiger partial charge is 2.00 e. The average Bonchev–Trinajstić information content (AvgIpc) is 2.29. The van der Waals surface area contributed by atoms with E-state index in [1.54, 1.807) is 12.4 Å². The van der Waals surface area contributed by atoms with Crippen molar-refractivity contribution in [2.45, 2.75) is 0 Å². The van der Waals surface area contributed by atoms with E-state index in [1.807, 2.05) is 12.1 Å². The molecule has 0 aliphatic carbocycles. The number of hydrogen-bond donors (Lipinski definition) is 0. The van der Waals surface area contributed by atoms with Crippen molar-refractivity contribution < 1.29 is 2.85 Å². The third-order valence-corrected chi connectivity index (χ3v) is 2.34. The second kappa shape index (κ2) is 4.64. The maximum atomic E-state index is 4.35. The fraction of sp³-hybridized carbons (Fsp3) is 0. The molecule has 70 valence electrons. The van der Waals surface area contributed by atoms with Crippen LogP contribution in [-0.2, 0) is 0 Å². The summed E-state index contributed by atoms with van der Waals surface area (Å²) in [7, 11) is 0. The minimum atomic E-state index is 0. The van der Waals surface area contributed by atoms with Gasteiger partial charge in [0, 0.05) is 23.2 Å². The summed E-state index contributed by atoms with van der Waals surface area (Å²) in [6.45, 7) is 0. The van der Waals surface area contributed by atoms with E-state index in [0.717, 1.165) is 21.8 Å². The Morgan fingerprint density at radius 3 is 1.67 bits per heavy atom. The van der Waals surface area contributed by atoms with Crippen molar-refractivity contribution in [3.63, 3.8) is 0 Å². The van der Waals surface area contributed by atoms with Crippen molar-refractivity contribution in [2.24, 2.45) is 0 Å². The molecule has 0 radical (unpaired) electrons. The Hall–Kier alpha value is -0.389.